The quantitative estimate of drug-likeness (QED) is 0.413. The Morgan fingerprint density at radius 3 is 2.69 bits per heavy atom. The van der Waals surface area contributed by atoms with Crippen molar-refractivity contribution < 1.29 is 27.5 Å². The van der Waals surface area contributed by atoms with Gasteiger partial charge in [-0.15, -0.1) is 11.3 Å². The average molecular weight is 523 g/mol. The van der Waals surface area contributed by atoms with E-state index in [4.69, 9.17) is 10.5 Å². The molecule has 36 heavy (non-hydrogen) atoms. The molecule has 3 N–H and O–H groups in total. The summed E-state index contributed by atoms with van der Waals surface area (Å²) < 4.78 is 45.2. The van der Waals surface area contributed by atoms with Crippen molar-refractivity contribution in [2.24, 2.45) is 5.73 Å². The number of carbonyl (C=O) groups is 2. The highest BCUT2D eigenvalue weighted by Gasteiger charge is 2.35. The largest absolute Gasteiger partial charge is 0.433 e. The van der Waals surface area contributed by atoms with Crippen molar-refractivity contribution >= 4 is 33.4 Å². The summed E-state index contributed by atoms with van der Waals surface area (Å²) in [6.45, 7) is 4.75. The minimum absolute atomic E-state index is 0.117. The summed E-state index contributed by atoms with van der Waals surface area (Å²) in [6, 6.07) is 5.94. The molecular formula is C23H25F3N6O3S. The average Bonchev–Trinajstić information content (AvgIpc) is 3.24. The first-order valence-corrected chi connectivity index (χ1v) is 12.2. The van der Waals surface area contributed by atoms with Gasteiger partial charge in [-0.05, 0) is 36.7 Å². The van der Waals surface area contributed by atoms with Crippen molar-refractivity contribution in [2.45, 2.75) is 24.9 Å². The topological polar surface area (TPSA) is 123 Å². The van der Waals surface area contributed by atoms with E-state index in [0.29, 0.717) is 16.8 Å². The number of nitrogens with two attached hydrogens (primary N) is 1. The highest BCUT2D eigenvalue weighted by atomic mass is 32.1. The van der Waals surface area contributed by atoms with Crippen molar-refractivity contribution in [2.75, 3.05) is 39.4 Å². The van der Waals surface area contributed by atoms with E-state index >= 15 is 0 Å². The van der Waals surface area contributed by atoms with Crippen LogP contribution in [-0.2, 0) is 26.9 Å². The molecule has 2 aromatic heterocycles. The monoisotopic (exact) mass is 522 g/mol. The van der Waals surface area contributed by atoms with Gasteiger partial charge in [0.15, 0.2) is 0 Å². The lowest BCUT2D eigenvalue weighted by Crippen LogP contribution is -2.38. The number of hydrogen-bond acceptors (Lipinski definition) is 8. The van der Waals surface area contributed by atoms with Gasteiger partial charge in [-0.25, -0.2) is 15.0 Å². The third-order valence-electron chi connectivity index (χ3n) is 5.67. The fraction of sp³-hybridized carbons (Fsp3) is 0.435. The molecule has 9 nitrogen and oxygen atoms in total. The normalized spacial score (nSPS) is 15.6. The molecule has 1 unspecified atom stereocenters. The first kappa shape index (κ1) is 25.9. The van der Waals surface area contributed by atoms with E-state index in [0.717, 1.165) is 68.4 Å². The molecule has 3 aromatic rings. The zero-order chi connectivity index (χ0) is 25.7. The van der Waals surface area contributed by atoms with Crippen LogP contribution in [0.3, 0.4) is 0 Å². The molecule has 1 fully saturated rings. The standard InChI is InChI=1S/C23H25F3N6O3S/c24-23(25,26)17-4-6-29-21(31-17)19(20(27)34)22-30-15-3-2-14(12-16(15)36-22)13-18(33)28-5-1-7-32-8-10-35-11-9-32/h2-4,6,12,19H,1,5,7-11,13H2,(H2,27,34)(H,28,33). The second-order valence-corrected chi connectivity index (χ2v) is 9.38. The van der Waals surface area contributed by atoms with Gasteiger partial charge < -0.3 is 15.8 Å². The van der Waals surface area contributed by atoms with Crippen molar-refractivity contribution in [1.82, 2.24) is 25.2 Å². The number of morpholine rings is 1. The molecule has 1 aliphatic heterocycles. The Morgan fingerprint density at radius 2 is 1.97 bits per heavy atom. The minimum Gasteiger partial charge on any atom is -0.379 e. The minimum atomic E-state index is -4.69. The number of nitrogens with one attached hydrogen (secondary N) is 1. The number of thiazole rings is 1. The van der Waals surface area contributed by atoms with Crippen molar-refractivity contribution in [3.63, 3.8) is 0 Å². The van der Waals surface area contributed by atoms with Crippen LogP contribution in [0.1, 0.15) is 34.4 Å². The number of aromatic nitrogens is 3. The Bertz CT molecular complexity index is 1230. The molecular weight excluding hydrogens is 497 g/mol. The molecule has 0 bridgehead atoms. The van der Waals surface area contributed by atoms with Gasteiger partial charge in [0.1, 0.15) is 22.4 Å². The number of benzene rings is 1. The molecule has 2 amide bonds. The van der Waals surface area contributed by atoms with Gasteiger partial charge in [-0.1, -0.05) is 6.07 Å². The number of carbonyl (C=O) groups excluding carboxylic acids is 2. The molecule has 1 aliphatic rings. The van der Waals surface area contributed by atoms with Crippen molar-refractivity contribution in [3.8, 4) is 0 Å². The highest BCUT2D eigenvalue weighted by molar-refractivity contribution is 7.18. The predicted octanol–water partition coefficient (Wildman–Crippen LogP) is 2.10. The van der Waals surface area contributed by atoms with Crippen LogP contribution in [0.5, 0.6) is 0 Å². The number of fused-ring (bicyclic) bond motifs is 1. The number of amides is 2. The van der Waals surface area contributed by atoms with Gasteiger partial charge in [0.2, 0.25) is 11.8 Å². The Kier molecular flexibility index (Phi) is 8.11. The second-order valence-electron chi connectivity index (χ2n) is 8.32. The fourth-order valence-electron chi connectivity index (χ4n) is 3.85. The Balaban J connectivity index is 1.41. The number of hydrogen-bond donors (Lipinski definition) is 2. The Hall–Kier alpha value is -3.16. The van der Waals surface area contributed by atoms with Crippen molar-refractivity contribution in [1.29, 1.82) is 0 Å². The third-order valence-corrected chi connectivity index (χ3v) is 6.75. The van der Waals surface area contributed by atoms with Gasteiger partial charge in [-0.2, -0.15) is 13.2 Å². The Labute approximate surface area is 208 Å². The van der Waals surface area contributed by atoms with Gasteiger partial charge in [-0.3, -0.25) is 14.5 Å². The van der Waals surface area contributed by atoms with E-state index < -0.39 is 23.7 Å². The lowest BCUT2D eigenvalue weighted by molar-refractivity contribution is -0.141. The summed E-state index contributed by atoms with van der Waals surface area (Å²) in [5, 5.41) is 3.10. The first-order valence-electron chi connectivity index (χ1n) is 11.4. The smallest absolute Gasteiger partial charge is 0.379 e. The van der Waals surface area contributed by atoms with Crippen LogP contribution >= 0.6 is 11.3 Å². The molecule has 1 saturated heterocycles. The predicted molar refractivity (Wildman–Crippen MR) is 126 cm³/mol. The fourth-order valence-corrected chi connectivity index (χ4v) is 4.99. The number of rotatable bonds is 9. The van der Waals surface area contributed by atoms with E-state index in [1.54, 1.807) is 18.2 Å². The number of primary amides is 1. The van der Waals surface area contributed by atoms with Crippen LogP contribution in [0.15, 0.2) is 30.5 Å². The number of nitrogens with zero attached hydrogens (tertiary/aromatic N) is 4. The summed E-state index contributed by atoms with van der Waals surface area (Å²) in [5.41, 5.74) is 5.59. The summed E-state index contributed by atoms with van der Waals surface area (Å²) in [5.74, 6) is -2.73. The van der Waals surface area contributed by atoms with E-state index in [2.05, 4.69) is 25.2 Å². The maximum atomic E-state index is 13.1. The zero-order valence-electron chi connectivity index (χ0n) is 19.3. The zero-order valence-corrected chi connectivity index (χ0v) is 20.1. The van der Waals surface area contributed by atoms with Crippen LogP contribution in [0.2, 0.25) is 0 Å². The molecule has 13 heteroatoms. The molecule has 0 spiro atoms. The first-order chi connectivity index (χ1) is 17.2. The molecule has 192 valence electrons. The van der Waals surface area contributed by atoms with Crippen LogP contribution in [0, 0.1) is 0 Å². The van der Waals surface area contributed by atoms with Crippen LogP contribution in [-0.4, -0.2) is 71.1 Å². The van der Waals surface area contributed by atoms with Gasteiger partial charge in [0, 0.05) is 25.8 Å². The summed E-state index contributed by atoms with van der Waals surface area (Å²) in [7, 11) is 0. The maximum Gasteiger partial charge on any atom is 0.433 e. The third kappa shape index (κ3) is 6.53. The lowest BCUT2D eigenvalue weighted by Gasteiger charge is -2.26. The highest BCUT2D eigenvalue weighted by Crippen LogP contribution is 2.33. The van der Waals surface area contributed by atoms with Gasteiger partial charge in [0.05, 0.1) is 29.9 Å². The van der Waals surface area contributed by atoms with E-state index in [-0.39, 0.29) is 23.2 Å². The van der Waals surface area contributed by atoms with Crippen LogP contribution in [0.25, 0.3) is 10.2 Å². The molecule has 0 aliphatic carbocycles. The molecule has 0 saturated carbocycles. The summed E-state index contributed by atoms with van der Waals surface area (Å²) >= 11 is 1.10. The molecule has 1 atom stereocenters. The number of ether oxygens (including phenoxy) is 1. The molecule has 3 heterocycles. The van der Waals surface area contributed by atoms with Gasteiger partial charge in [0.25, 0.3) is 0 Å². The van der Waals surface area contributed by atoms with Crippen LogP contribution < -0.4 is 11.1 Å². The maximum absolute atomic E-state index is 13.1. The van der Waals surface area contributed by atoms with E-state index in [1.807, 2.05) is 0 Å². The summed E-state index contributed by atoms with van der Waals surface area (Å²) in [6.07, 6.45) is -2.75. The molecule has 1 aromatic carbocycles. The second kappa shape index (κ2) is 11.3. The lowest BCUT2D eigenvalue weighted by atomic mass is 10.1. The van der Waals surface area contributed by atoms with Crippen molar-refractivity contribution in [3.05, 3.63) is 52.6 Å². The van der Waals surface area contributed by atoms with Crippen LogP contribution in [0.4, 0.5) is 13.2 Å². The van der Waals surface area contributed by atoms with E-state index in [9.17, 15) is 22.8 Å². The SMILES string of the molecule is NC(=O)C(c1nccc(C(F)(F)F)n1)c1nc2ccc(CC(=O)NCCCN3CCOCC3)cc2s1. The van der Waals surface area contributed by atoms with E-state index in [1.165, 1.54) is 0 Å². The number of alkyl halides is 3. The number of halogens is 3. The van der Waals surface area contributed by atoms with Gasteiger partial charge >= 0.3 is 6.18 Å². The molecule has 4 rings (SSSR count). The summed E-state index contributed by atoms with van der Waals surface area (Å²) in [4.78, 5) is 38.5. The molecule has 0 radical (unpaired) electrons. The Morgan fingerprint density at radius 1 is 1.19 bits per heavy atom.